The maximum absolute atomic E-state index is 10.0. The highest BCUT2D eigenvalue weighted by Gasteiger charge is 2.20. The maximum atomic E-state index is 10.0. The predicted octanol–water partition coefficient (Wildman–Crippen LogP) is -1.39. The minimum Gasteiger partial charge on any atom is -0.394 e. The Morgan fingerprint density at radius 3 is 1.73 bits per heavy atom. The van der Waals surface area contributed by atoms with Crippen LogP contribution in [0.15, 0.2) is 0 Å². The lowest BCUT2D eigenvalue weighted by Gasteiger charge is -2.11. The SMILES string of the molecule is N.O=P(O)(O)OC(CO)CO. The van der Waals surface area contributed by atoms with Crippen molar-refractivity contribution in [1.29, 1.82) is 0 Å². The van der Waals surface area contributed by atoms with Crippen LogP contribution in [0.4, 0.5) is 0 Å². The average molecular weight is 189 g/mol. The normalized spacial score (nSPS) is 11.4. The van der Waals surface area contributed by atoms with Gasteiger partial charge in [0.15, 0.2) is 0 Å². The lowest BCUT2D eigenvalue weighted by atomic mass is 10.4. The molecule has 0 rings (SSSR count). The summed E-state index contributed by atoms with van der Waals surface area (Å²) in [6.45, 7) is -1.25. The van der Waals surface area contributed by atoms with Gasteiger partial charge in [-0.3, -0.25) is 4.52 Å². The highest BCUT2D eigenvalue weighted by molar-refractivity contribution is 7.46. The average Bonchev–Trinajstić information content (AvgIpc) is 1.81. The van der Waals surface area contributed by atoms with Crippen LogP contribution in [0.25, 0.3) is 0 Å². The zero-order chi connectivity index (χ0) is 8.20. The van der Waals surface area contributed by atoms with E-state index in [2.05, 4.69) is 4.52 Å². The molecule has 0 atom stereocenters. The summed E-state index contributed by atoms with van der Waals surface area (Å²) in [5.41, 5.74) is 0. The largest absolute Gasteiger partial charge is 0.470 e. The van der Waals surface area contributed by atoms with Gasteiger partial charge >= 0.3 is 7.82 Å². The van der Waals surface area contributed by atoms with Crippen LogP contribution in [-0.4, -0.2) is 39.3 Å². The topological polar surface area (TPSA) is 142 Å². The van der Waals surface area contributed by atoms with E-state index in [-0.39, 0.29) is 6.15 Å². The molecule has 0 bridgehead atoms. The van der Waals surface area contributed by atoms with Crippen LogP contribution in [0.1, 0.15) is 0 Å². The van der Waals surface area contributed by atoms with Crippen LogP contribution < -0.4 is 6.15 Å². The van der Waals surface area contributed by atoms with E-state index in [1.807, 2.05) is 0 Å². The maximum Gasteiger partial charge on any atom is 0.470 e. The van der Waals surface area contributed by atoms with Crippen molar-refractivity contribution in [3.8, 4) is 0 Å². The molecule has 0 aromatic rings. The third-order valence-electron chi connectivity index (χ3n) is 0.694. The molecule has 0 heterocycles. The first-order valence-electron chi connectivity index (χ1n) is 2.45. The summed E-state index contributed by atoms with van der Waals surface area (Å²) >= 11 is 0. The second kappa shape index (κ2) is 5.62. The Labute approximate surface area is 63.4 Å². The Balaban J connectivity index is 0. The minimum absolute atomic E-state index is 0. The summed E-state index contributed by atoms with van der Waals surface area (Å²) in [4.78, 5) is 16.2. The van der Waals surface area contributed by atoms with Gasteiger partial charge in [-0.1, -0.05) is 0 Å². The van der Waals surface area contributed by atoms with Crippen molar-refractivity contribution in [3.05, 3.63) is 0 Å². The number of aliphatic hydroxyl groups is 2. The Hall–Kier alpha value is -0.0100. The molecule has 8 heteroatoms. The predicted molar refractivity (Wildman–Crippen MR) is 36.1 cm³/mol. The van der Waals surface area contributed by atoms with Crippen LogP contribution in [0, 0.1) is 0 Å². The van der Waals surface area contributed by atoms with E-state index < -0.39 is 27.1 Å². The van der Waals surface area contributed by atoms with Gasteiger partial charge in [0.1, 0.15) is 6.10 Å². The molecule has 0 saturated carbocycles. The number of aliphatic hydroxyl groups excluding tert-OH is 2. The van der Waals surface area contributed by atoms with Crippen molar-refractivity contribution in [3.63, 3.8) is 0 Å². The van der Waals surface area contributed by atoms with Gasteiger partial charge in [-0.15, -0.1) is 0 Å². The third kappa shape index (κ3) is 7.89. The van der Waals surface area contributed by atoms with Crippen LogP contribution in [0.3, 0.4) is 0 Å². The van der Waals surface area contributed by atoms with Crippen molar-refractivity contribution in [2.24, 2.45) is 0 Å². The molecule has 0 fully saturated rings. The summed E-state index contributed by atoms with van der Waals surface area (Å²) in [6, 6.07) is 0. The molecular formula is C3H12NO6P. The van der Waals surface area contributed by atoms with Gasteiger partial charge in [0.2, 0.25) is 0 Å². The van der Waals surface area contributed by atoms with E-state index in [0.29, 0.717) is 0 Å². The van der Waals surface area contributed by atoms with Gasteiger partial charge in [-0.2, -0.15) is 0 Å². The molecule has 0 unspecified atom stereocenters. The smallest absolute Gasteiger partial charge is 0.394 e. The standard InChI is InChI=1S/C3H9O6P.H3N/c4-1-3(2-5)9-10(6,7)8;/h3-5H,1-2H2,(H2,6,7,8);1H3. The van der Waals surface area contributed by atoms with Crippen LogP contribution >= 0.6 is 7.82 Å². The second-order valence-electron chi connectivity index (χ2n) is 1.58. The molecule has 11 heavy (non-hydrogen) atoms. The zero-order valence-corrected chi connectivity index (χ0v) is 6.65. The van der Waals surface area contributed by atoms with E-state index >= 15 is 0 Å². The third-order valence-corrected chi connectivity index (χ3v) is 1.27. The number of phosphoric acid groups is 1. The van der Waals surface area contributed by atoms with Crippen molar-refractivity contribution in [2.45, 2.75) is 6.10 Å². The fourth-order valence-electron chi connectivity index (χ4n) is 0.319. The van der Waals surface area contributed by atoms with Crippen molar-refractivity contribution < 1.29 is 29.1 Å². The van der Waals surface area contributed by atoms with Crippen LogP contribution in [-0.2, 0) is 9.09 Å². The molecule has 0 saturated heterocycles. The molecule has 0 aliphatic heterocycles. The van der Waals surface area contributed by atoms with Crippen molar-refractivity contribution in [2.75, 3.05) is 13.2 Å². The summed E-state index contributed by atoms with van der Waals surface area (Å²) < 4.78 is 13.9. The second-order valence-corrected chi connectivity index (χ2v) is 2.78. The summed E-state index contributed by atoms with van der Waals surface area (Å²) in [5, 5.41) is 16.5. The van der Waals surface area contributed by atoms with Gasteiger partial charge in [0.25, 0.3) is 0 Å². The van der Waals surface area contributed by atoms with E-state index in [0.717, 1.165) is 0 Å². The first-order valence-corrected chi connectivity index (χ1v) is 3.98. The van der Waals surface area contributed by atoms with E-state index in [4.69, 9.17) is 20.0 Å². The molecule has 7 nitrogen and oxygen atoms in total. The van der Waals surface area contributed by atoms with E-state index in [9.17, 15) is 4.57 Å². The monoisotopic (exact) mass is 189 g/mol. The lowest BCUT2D eigenvalue weighted by Crippen LogP contribution is -2.20. The van der Waals surface area contributed by atoms with Gasteiger partial charge < -0.3 is 26.2 Å². The van der Waals surface area contributed by atoms with Crippen molar-refractivity contribution in [1.82, 2.24) is 6.15 Å². The summed E-state index contributed by atoms with van der Waals surface area (Å²) in [5.74, 6) is 0. The van der Waals surface area contributed by atoms with E-state index in [1.54, 1.807) is 0 Å². The molecule has 0 spiro atoms. The van der Waals surface area contributed by atoms with Gasteiger partial charge in [-0.25, -0.2) is 4.57 Å². The number of rotatable bonds is 4. The quantitative estimate of drug-likeness (QED) is 0.342. The molecular weight excluding hydrogens is 177 g/mol. The molecule has 70 valence electrons. The molecule has 0 aromatic carbocycles. The molecule has 0 radical (unpaired) electrons. The molecule has 0 aliphatic rings. The fourth-order valence-corrected chi connectivity index (χ4v) is 0.840. The van der Waals surface area contributed by atoms with Crippen molar-refractivity contribution >= 4 is 7.82 Å². The Kier molecular flexibility index (Phi) is 6.93. The first kappa shape index (κ1) is 13.6. The zero-order valence-electron chi connectivity index (χ0n) is 5.75. The van der Waals surface area contributed by atoms with E-state index in [1.165, 1.54) is 0 Å². The number of phosphoric ester groups is 1. The van der Waals surface area contributed by atoms with Gasteiger partial charge in [0, 0.05) is 0 Å². The van der Waals surface area contributed by atoms with Crippen LogP contribution in [0.5, 0.6) is 0 Å². The lowest BCUT2D eigenvalue weighted by molar-refractivity contribution is 0.0391. The summed E-state index contributed by atoms with van der Waals surface area (Å²) in [6.07, 6.45) is -1.21. The molecule has 7 N–H and O–H groups in total. The highest BCUT2D eigenvalue weighted by atomic mass is 31.2. The number of hydrogen-bond donors (Lipinski definition) is 5. The summed E-state index contributed by atoms with van der Waals surface area (Å²) in [7, 11) is -4.57. The minimum atomic E-state index is -4.57. The van der Waals surface area contributed by atoms with Gasteiger partial charge in [0.05, 0.1) is 13.2 Å². The Morgan fingerprint density at radius 2 is 1.64 bits per heavy atom. The molecule has 0 aliphatic carbocycles. The Bertz CT molecular complexity index is 130. The molecule has 0 aromatic heterocycles. The first-order chi connectivity index (χ1) is 4.49. The molecule has 0 amide bonds. The van der Waals surface area contributed by atoms with Crippen LogP contribution in [0.2, 0.25) is 0 Å². The fraction of sp³-hybridized carbons (Fsp3) is 1.00. The highest BCUT2D eigenvalue weighted by Crippen LogP contribution is 2.37. The number of hydrogen-bond acceptors (Lipinski definition) is 5. The van der Waals surface area contributed by atoms with Gasteiger partial charge in [-0.05, 0) is 0 Å². The Morgan fingerprint density at radius 1 is 1.27 bits per heavy atom.